The van der Waals surface area contributed by atoms with Crippen LogP contribution in [0.5, 0.6) is 0 Å². The third-order valence-corrected chi connectivity index (χ3v) is 3.42. The summed E-state index contributed by atoms with van der Waals surface area (Å²) < 4.78 is 0. The molecule has 90 valence electrons. The van der Waals surface area contributed by atoms with Gasteiger partial charge >= 0.3 is 0 Å². The number of aryl methyl sites for hydroxylation is 1. The highest BCUT2D eigenvalue weighted by Crippen LogP contribution is 2.20. The van der Waals surface area contributed by atoms with Crippen molar-refractivity contribution >= 4 is 23.3 Å². The van der Waals surface area contributed by atoms with Gasteiger partial charge in [-0.1, -0.05) is 6.92 Å². The highest BCUT2D eigenvalue weighted by atomic mass is 32.2. The lowest BCUT2D eigenvalue weighted by atomic mass is 10.2. The highest BCUT2D eigenvalue weighted by molar-refractivity contribution is 7.99. The lowest BCUT2D eigenvalue weighted by Gasteiger charge is -2.16. The van der Waals surface area contributed by atoms with E-state index in [0.717, 1.165) is 23.5 Å². The van der Waals surface area contributed by atoms with Crippen LogP contribution in [0.1, 0.15) is 25.8 Å². The average molecular weight is 239 g/mol. The van der Waals surface area contributed by atoms with Gasteiger partial charge in [0, 0.05) is 12.2 Å². The van der Waals surface area contributed by atoms with Crippen molar-refractivity contribution in [2.24, 2.45) is 0 Å². The minimum Gasteiger partial charge on any atom is -0.396 e. The number of pyridine rings is 1. The summed E-state index contributed by atoms with van der Waals surface area (Å²) in [6.45, 7) is 6.35. The van der Waals surface area contributed by atoms with Gasteiger partial charge in [-0.05, 0) is 43.4 Å². The fourth-order valence-electron chi connectivity index (χ4n) is 1.39. The standard InChI is InChI=1S/C12H21N3S/c1-4-16-8-6-10(3)15-12-11(13)9(2)5-7-14-12/h5,7,10H,4,6,8,13H2,1-3H3,(H,14,15). The van der Waals surface area contributed by atoms with Crippen molar-refractivity contribution < 1.29 is 0 Å². The third kappa shape index (κ3) is 3.93. The van der Waals surface area contributed by atoms with E-state index < -0.39 is 0 Å². The summed E-state index contributed by atoms with van der Waals surface area (Å²) in [5.41, 5.74) is 7.79. The number of hydrogen-bond donors (Lipinski definition) is 2. The predicted molar refractivity (Wildman–Crippen MR) is 74.1 cm³/mol. The second-order valence-electron chi connectivity index (χ2n) is 3.92. The van der Waals surface area contributed by atoms with Gasteiger partial charge in [-0.3, -0.25) is 0 Å². The molecule has 16 heavy (non-hydrogen) atoms. The molecule has 0 spiro atoms. The Hall–Kier alpha value is -0.900. The second-order valence-corrected chi connectivity index (χ2v) is 5.31. The Morgan fingerprint density at radius 3 is 3.00 bits per heavy atom. The minimum atomic E-state index is 0.413. The van der Waals surface area contributed by atoms with Gasteiger partial charge in [-0.25, -0.2) is 4.98 Å². The van der Waals surface area contributed by atoms with Crippen LogP contribution < -0.4 is 11.1 Å². The van der Waals surface area contributed by atoms with Crippen LogP contribution in [0.4, 0.5) is 11.5 Å². The molecule has 0 aliphatic heterocycles. The van der Waals surface area contributed by atoms with Gasteiger partial charge in [-0.2, -0.15) is 11.8 Å². The molecule has 1 unspecified atom stereocenters. The Balaban J connectivity index is 2.49. The number of nitrogens with one attached hydrogen (secondary N) is 1. The number of nitrogen functional groups attached to an aromatic ring is 1. The number of rotatable bonds is 6. The largest absolute Gasteiger partial charge is 0.396 e. The van der Waals surface area contributed by atoms with Crippen LogP contribution in [0.3, 0.4) is 0 Å². The first-order valence-corrected chi connectivity index (χ1v) is 6.86. The van der Waals surface area contributed by atoms with Gasteiger partial charge in [0.1, 0.15) is 5.82 Å². The summed E-state index contributed by atoms with van der Waals surface area (Å²) in [5.74, 6) is 3.17. The molecule has 1 rings (SSSR count). The first kappa shape index (κ1) is 13.2. The molecule has 0 aromatic carbocycles. The van der Waals surface area contributed by atoms with Crippen molar-refractivity contribution in [2.45, 2.75) is 33.2 Å². The molecule has 0 radical (unpaired) electrons. The van der Waals surface area contributed by atoms with Crippen LogP contribution in [0.25, 0.3) is 0 Å². The van der Waals surface area contributed by atoms with Crippen molar-refractivity contribution in [1.29, 1.82) is 0 Å². The van der Waals surface area contributed by atoms with Crippen molar-refractivity contribution in [3.8, 4) is 0 Å². The average Bonchev–Trinajstić information content (AvgIpc) is 2.25. The van der Waals surface area contributed by atoms with Crippen LogP contribution >= 0.6 is 11.8 Å². The molecule has 1 aromatic rings. The van der Waals surface area contributed by atoms with E-state index in [0.29, 0.717) is 6.04 Å². The van der Waals surface area contributed by atoms with Crippen LogP contribution in [0, 0.1) is 6.92 Å². The maximum absolute atomic E-state index is 5.96. The summed E-state index contributed by atoms with van der Waals surface area (Å²) in [7, 11) is 0. The fraction of sp³-hybridized carbons (Fsp3) is 0.583. The van der Waals surface area contributed by atoms with Crippen molar-refractivity contribution in [3.05, 3.63) is 17.8 Å². The molecule has 0 aliphatic rings. The molecule has 0 saturated carbocycles. The molecule has 3 N–H and O–H groups in total. The number of nitrogens with zero attached hydrogens (tertiary/aromatic N) is 1. The lowest BCUT2D eigenvalue weighted by molar-refractivity contribution is 0.767. The Bertz CT molecular complexity index is 328. The van der Waals surface area contributed by atoms with Gasteiger partial charge in [0.15, 0.2) is 0 Å². The van der Waals surface area contributed by atoms with E-state index >= 15 is 0 Å². The van der Waals surface area contributed by atoms with Crippen LogP contribution in [0.2, 0.25) is 0 Å². The molecule has 1 atom stereocenters. The Morgan fingerprint density at radius 2 is 2.31 bits per heavy atom. The van der Waals surface area contributed by atoms with E-state index in [4.69, 9.17) is 5.73 Å². The zero-order valence-electron chi connectivity index (χ0n) is 10.3. The fourth-order valence-corrected chi connectivity index (χ4v) is 2.20. The van der Waals surface area contributed by atoms with Gasteiger partial charge in [0.2, 0.25) is 0 Å². The number of nitrogens with two attached hydrogens (primary N) is 1. The number of anilines is 2. The zero-order valence-corrected chi connectivity index (χ0v) is 11.1. The molecule has 0 amide bonds. The Kier molecular flexibility index (Phi) is 5.46. The molecule has 0 bridgehead atoms. The smallest absolute Gasteiger partial charge is 0.149 e. The molecule has 3 nitrogen and oxygen atoms in total. The minimum absolute atomic E-state index is 0.413. The van der Waals surface area contributed by atoms with Crippen molar-refractivity contribution in [1.82, 2.24) is 4.98 Å². The molecule has 1 heterocycles. The van der Waals surface area contributed by atoms with Crippen molar-refractivity contribution in [2.75, 3.05) is 22.6 Å². The topological polar surface area (TPSA) is 50.9 Å². The summed E-state index contributed by atoms with van der Waals surface area (Å²) in [6, 6.07) is 2.34. The maximum Gasteiger partial charge on any atom is 0.149 e. The number of hydrogen-bond acceptors (Lipinski definition) is 4. The van der Waals surface area contributed by atoms with E-state index in [1.807, 2.05) is 24.8 Å². The molecule has 4 heteroatoms. The van der Waals surface area contributed by atoms with E-state index in [9.17, 15) is 0 Å². The lowest BCUT2D eigenvalue weighted by Crippen LogP contribution is -2.18. The first-order valence-electron chi connectivity index (χ1n) is 5.70. The van der Waals surface area contributed by atoms with Gasteiger partial charge in [-0.15, -0.1) is 0 Å². The highest BCUT2D eigenvalue weighted by Gasteiger charge is 2.06. The van der Waals surface area contributed by atoms with Gasteiger partial charge in [0.25, 0.3) is 0 Å². The van der Waals surface area contributed by atoms with Crippen LogP contribution in [-0.2, 0) is 0 Å². The number of aromatic nitrogens is 1. The number of thioether (sulfide) groups is 1. The third-order valence-electron chi connectivity index (χ3n) is 2.49. The Labute approximate surface area is 102 Å². The normalized spacial score (nSPS) is 12.4. The molecule has 0 saturated heterocycles. The summed E-state index contributed by atoms with van der Waals surface area (Å²) in [4.78, 5) is 4.26. The summed E-state index contributed by atoms with van der Waals surface area (Å²) in [5, 5.41) is 3.36. The predicted octanol–water partition coefficient (Wildman–Crippen LogP) is 2.92. The Morgan fingerprint density at radius 1 is 1.56 bits per heavy atom. The summed E-state index contributed by atoms with van der Waals surface area (Å²) in [6.07, 6.45) is 2.93. The summed E-state index contributed by atoms with van der Waals surface area (Å²) >= 11 is 1.96. The van der Waals surface area contributed by atoms with Crippen LogP contribution in [-0.4, -0.2) is 22.5 Å². The zero-order chi connectivity index (χ0) is 12.0. The molecular weight excluding hydrogens is 218 g/mol. The van der Waals surface area contributed by atoms with Gasteiger partial charge in [0.05, 0.1) is 5.69 Å². The quantitative estimate of drug-likeness (QED) is 0.749. The van der Waals surface area contributed by atoms with E-state index in [1.165, 1.54) is 11.5 Å². The second kappa shape index (κ2) is 6.63. The monoisotopic (exact) mass is 239 g/mol. The first-order chi connectivity index (χ1) is 7.65. The van der Waals surface area contributed by atoms with Gasteiger partial charge < -0.3 is 11.1 Å². The maximum atomic E-state index is 5.96. The van der Waals surface area contributed by atoms with E-state index in [1.54, 1.807) is 6.20 Å². The van der Waals surface area contributed by atoms with Crippen molar-refractivity contribution in [3.63, 3.8) is 0 Å². The molecule has 0 fully saturated rings. The van der Waals surface area contributed by atoms with E-state index in [-0.39, 0.29) is 0 Å². The SMILES string of the molecule is CCSCCC(C)Nc1nccc(C)c1N. The molecule has 1 aromatic heterocycles. The molecular formula is C12H21N3S. The van der Waals surface area contributed by atoms with E-state index in [2.05, 4.69) is 24.1 Å². The molecule has 0 aliphatic carbocycles. The van der Waals surface area contributed by atoms with Crippen LogP contribution in [0.15, 0.2) is 12.3 Å².